The van der Waals surface area contributed by atoms with Crippen LogP contribution in [0.25, 0.3) is 11.0 Å². The second-order valence-corrected chi connectivity index (χ2v) is 6.67. The molecule has 0 spiro atoms. The first-order chi connectivity index (χ1) is 12.2. The third kappa shape index (κ3) is 3.02. The molecule has 1 aliphatic rings. The minimum Gasteiger partial charge on any atom is -0.372 e. The average Bonchev–Trinajstić information content (AvgIpc) is 2.92. The minimum absolute atomic E-state index is 0.835. The molecule has 0 aliphatic carbocycles. The zero-order chi connectivity index (χ0) is 17.2. The predicted molar refractivity (Wildman–Crippen MR) is 101 cm³/mol. The number of aromatic nitrogens is 2. The molecule has 25 heavy (non-hydrogen) atoms. The van der Waals surface area contributed by atoms with Crippen molar-refractivity contribution in [3.05, 3.63) is 48.5 Å². The van der Waals surface area contributed by atoms with Crippen LogP contribution in [-0.4, -0.2) is 17.7 Å². The molecule has 2 heterocycles. The van der Waals surface area contributed by atoms with Gasteiger partial charge < -0.3 is 4.90 Å². The number of benzene rings is 2. The number of imidazole rings is 1. The Hall–Kier alpha value is -2.69. The van der Waals surface area contributed by atoms with Crippen LogP contribution in [0, 0.1) is 0 Å². The standard InChI is InChI=1S/C20H24N5/c1-23-18-8-4-5-9-19(18)24(2)20(23)22-21-16-10-12-17(13-11-16)25-14-6-3-7-15-25/h4-5,8-13H,3,6-7,14-15H2,1-2H3/q+1. The van der Waals surface area contributed by atoms with Crippen molar-refractivity contribution in [2.24, 2.45) is 24.3 Å². The largest absolute Gasteiger partial charge is 0.422 e. The smallest absolute Gasteiger partial charge is 0.372 e. The van der Waals surface area contributed by atoms with Gasteiger partial charge in [0.25, 0.3) is 0 Å². The second kappa shape index (κ2) is 6.67. The van der Waals surface area contributed by atoms with E-state index in [1.807, 2.05) is 26.2 Å². The van der Waals surface area contributed by atoms with E-state index in [-0.39, 0.29) is 0 Å². The van der Waals surface area contributed by atoms with Gasteiger partial charge >= 0.3 is 5.95 Å². The first-order valence-corrected chi connectivity index (χ1v) is 8.94. The number of fused-ring (bicyclic) bond motifs is 1. The monoisotopic (exact) mass is 334 g/mol. The van der Waals surface area contributed by atoms with Crippen LogP contribution in [-0.2, 0) is 14.1 Å². The summed E-state index contributed by atoms with van der Waals surface area (Å²) in [5.74, 6) is 0.835. The lowest BCUT2D eigenvalue weighted by atomic mass is 10.1. The van der Waals surface area contributed by atoms with Crippen molar-refractivity contribution < 1.29 is 4.57 Å². The Balaban J connectivity index is 1.58. The molecule has 1 saturated heterocycles. The van der Waals surface area contributed by atoms with Gasteiger partial charge in [0, 0.05) is 23.9 Å². The molecular weight excluding hydrogens is 310 g/mol. The van der Waals surface area contributed by atoms with Gasteiger partial charge in [0.05, 0.1) is 14.1 Å². The van der Waals surface area contributed by atoms with Gasteiger partial charge in [-0.25, -0.2) is 9.13 Å². The summed E-state index contributed by atoms with van der Waals surface area (Å²) in [5, 5.41) is 8.94. The second-order valence-electron chi connectivity index (χ2n) is 6.67. The topological polar surface area (TPSA) is 36.8 Å². The Morgan fingerprint density at radius 3 is 2.32 bits per heavy atom. The zero-order valence-electron chi connectivity index (χ0n) is 14.9. The maximum atomic E-state index is 4.49. The number of rotatable bonds is 3. The van der Waals surface area contributed by atoms with Gasteiger partial charge in [-0.05, 0) is 55.7 Å². The van der Waals surface area contributed by atoms with E-state index in [4.69, 9.17) is 0 Å². The van der Waals surface area contributed by atoms with Gasteiger partial charge in [-0.15, -0.1) is 0 Å². The van der Waals surface area contributed by atoms with E-state index in [0.717, 1.165) is 35.8 Å². The summed E-state index contributed by atoms with van der Waals surface area (Å²) in [4.78, 5) is 2.45. The molecule has 4 rings (SSSR count). The summed E-state index contributed by atoms with van der Waals surface area (Å²) in [5.41, 5.74) is 4.47. The molecular formula is C20H24N5+. The van der Waals surface area contributed by atoms with Crippen molar-refractivity contribution in [3.8, 4) is 0 Å². The SMILES string of the molecule is Cn1c(/N=N/c2ccc(N3CCCCC3)cc2)[n+](C)c2ccccc21. The number of anilines is 1. The van der Waals surface area contributed by atoms with Crippen LogP contribution < -0.4 is 9.47 Å². The van der Waals surface area contributed by atoms with E-state index < -0.39 is 0 Å². The number of aryl methyl sites for hydroxylation is 2. The van der Waals surface area contributed by atoms with Crippen molar-refractivity contribution in [2.75, 3.05) is 18.0 Å². The molecule has 0 amide bonds. The van der Waals surface area contributed by atoms with Crippen LogP contribution in [0.15, 0.2) is 58.8 Å². The molecule has 0 unspecified atom stereocenters. The van der Waals surface area contributed by atoms with Gasteiger partial charge in [-0.2, -0.15) is 0 Å². The predicted octanol–water partition coefficient (Wildman–Crippen LogP) is 4.41. The van der Waals surface area contributed by atoms with Crippen LogP contribution in [0.1, 0.15) is 19.3 Å². The van der Waals surface area contributed by atoms with E-state index >= 15 is 0 Å². The lowest BCUT2D eigenvalue weighted by Gasteiger charge is -2.28. The Morgan fingerprint density at radius 2 is 1.60 bits per heavy atom. The normalized spacial score (nSPS) is 15.4. The molecule has 1 aliphatic heterocycles. The fraction of sp³-hybridized carbons (Fsp3) is 0.350. The lowest BCUT2D eigenvalue weighted by Crippen LogP contribution is -2.29. The first kappa shape index (κ1) is 15.8. The van der Waals surface area contributed by atoms with E-state index in [1.54, 1.807) is 0 Å². The molecule has 128 valence electrons. The summed E-state index contributed by atoms with van der Waals surface area (Å²) in [6, 6.07) is 16.7. The summed E-state index contributed by atoms with van der Waals surface area (Å²) in [6.07, 6.45) is 3.93. The number of hydrogen-bond acceptors (Lipinski definition) is 3. The average molecular weight is 334 g/mol. The molecule has 0 atom stereocenters. The van der Waals surface area contributed by atoms with Crippen molar-refractivity contribution in [3.63, 3.8) is 0 Å². The van der Waals surface area contributed by atoms with Gasteiger partial charge in [0.1, 0.15) is 16.7 Å². The number of nitrogens with zero attached hydrogens (tertiary/aromatic N) is 5. The molecule has 5 heteroatoms. The van der Waals surface area contributed by atoms with Crippen LogP contribution in [0.5, 0.6) is 0 Å². The fourth-order valence-electron chi connectivity index (χ4n) is 3.59. The van der Waals surface area contributed by atoms with Crippen molar-refractivity contribution in [1.82, 2.24) is 4.57 Å². The highest BCUT2D eigenvalue weighted by Gasteiger charge is 2.18. The quantitative estimate of drug-likeness (QED) is 0.516. The van der Waals surface area contributed by atoms with Gasteiger partial charge in [0.2, 0.25) is 0 Å². The molecule has 1 fully saturated rings. The van der Waals surface area contributed by atoms with Crippen molar-refractivity contribution in [1.29, 1.82) is 0 Å². The maximum absolute atomic E-state index is 4.49. The van der Waals surface area contributed by atoms with E-state index in [0.29, 0.717) is 0 Å². The zero-order valence-corrected chi connectivity index (χ0v) is 14.9. The van der Waals surface area contributed by atoms with E-state index in [9.17, 15) is 0 Å². The highest BCUT2D eigenvalue weighted by atomic mass is 15.3. The summed E-state index contributed by atoms with van der Waals surface area (Å²) in [7, 11) is 4.05. The molecule has 3 aromatic rings. The van der Waals surface area contributed by atoms with Gasteiger partial charge in [-0.1, -0.05) is 17.2 Å². The molecule has 0 bridgehead atoms. The Morgan fingerprint density at radius 1 is 0.880 bits per heavy atom. The first-order valence-electron chi connectivity index (χ1n) is 8.94. The van der Waals surface area contributed by atoms with Crippen LogP contribution in [0.4, 0.5) is 17.3 Å². The Bertz CT molecular complexity index is 863. The summed E-state index contributed by atoms with van der Waals surface area (Å²) in [6.45, 7) is 2.32. The number of hydrogen-bond donors (Lipinski definition) is 0. The fourth-order valence-corrected chi connectivity index (χ4v) is 3.59. The molecule has 0 saturated carbocycles. The van der Waals surface area contributed by atoms with Gasteiger partial charge in [-0.3, -0.25) is 0 Å². The molecule has 0 N–H and O–H groups in total. The molecule has 5 nitrogen and oxygen atoms in total. The molecule has 0 radical (unpaired) electrons. The number of piperidine rings is 1. The van der Waals surface area contributed by atoms with Crippen molar-refractivity contribution >= 4 is 28.4 Å². The summed E-state index contributed by atoms with van der Waals surface area (Å²) < 4.78 is 4.14. The third-order valence-electron chi connectivity index (χ3n) is 5.03. The van der Waals surface area contributed by atoms with Crippen molar-refractivity contribution in [2.45, 2.75) is 19.3 Å². The molecule has 1 aromatic heterocycles. The maximum Gasteiger partial charge on any atom is 0.422 e. The van der Waals surface area contributed by atoms with E-state index in [2.05, 4.69) is 60.7 Å². The molecule has 2 aromatic carbocycles. The van der Waals surface area contributed by atoms with E-state index in [1.165, 1.54) is 24.9 Å². The Kier molecular flexibility index (Phi) is 4.22. The summed E-state index contributed by atoms with van der Waals surface area (Å²) >= 11 is 0. The Labute approximate surface area is 148 Å². The van der Waals surface area contributed by atoms with Crippen LogP contribution in [0.3, 0.4) is 0 Å². The van der Waals surface area contributed by atoms with Gasteiger partial charge in [0.15, 0.2) is 0 Å². The third-order valence-corrected chi connectivity index (χ3v) is 5.03. The van der Waals surface area contributed by atoms with Crippen LogP contribution >= 0.6 is 0 Å². The highest BCUT2D eigenvalue weighted by Crippen LogP contribution is 2.24. The lowest BCUT2D eigenvalue weighted by molar-refractivity contribution is -0.632. The minimum atomic E-state index is 0.835. The highest BCUT2D eigenvalue weighted by molar-refractivity contribution is 5.73. The van der Waals surface area contributed by atoms with Crippen LogP contribution in [0.2, 0.25) is 0 Å². The number of azo groups is 1. The number of para-hydroxylation sites is 2.